The quantitative estimate of drug-likeness (QED) is 0.626. The van der Waals surface area contributed by atoms with Crippen LogP contribution in [-0.2, 0) is 0 Å². The lowest BCUT2D eigenvalue weighted by molar-refractivity contribution is -0.385. The SMILES string of the molecule is N#Cc1ccc(Oc2ccc(C#N)cc2[N+](=O)[O-])cc1. The van der Waals surface area contributed by atoms with Crippen molar-refractivity contribution in [3.05, 3.63) is 63.7 Å². The zero-order valence-corrected chi connectivity index (χ0v) is 10.1. The first-order valence-electron chi connectivity index (χ1n) is 5.50. The van der Waals surface area contributed by atoms with Crippen molar-refractivity contribution in [1.29, 1.82) is 10.5 Å². The summed E-state index contributed by atoms with van der Waals surface area (Å²) in [4.78, 5) is 10.3. The molecule has 2 aromatic rings. The van der Waals surface area contributed by atoms with E-state index in [0.717, 1.165) is 6.07 Å². The number of rotatable bonds is 3. The van der Waals surface area contributed by atoms with Gasteiger partial charge in [0.25, 0.3) is 0 Å². The Bertz CT molecular complexity index is 740. The molecule has 0 unspecified atom stereocenters. The summed E-state index contributed by atoms with van der Waals surface area (Å²) in [5.74, 6) is 0.413. The van der Waals surface area contributed by atoms with Crippen LogP contribution in [0.15, 0.2) is 42.5 Å². The van der Waals surface area contributed by atoms with Gasteiger partial charge < -0.3 is 4.74 Å². The minimum Gasteiger partial charge on any atom is -0.450 e. The van der Waals surface area contributed by atoms with Crippen LogP contribution in [0.3, 0.4) is 0 Å². The van der Waals surface area contributed by atoms with Gasteiger partial charge in [-0.15, -0.1) is 0 Å². The molecule has 2 rings (SSSR count). The van der Waals surface area contributed by atoms with E-state index in [1.807, 2.05) is 12.1 Å². The molecule has 0 radical (unpaired) electrons. The summed E-state index contributed by atoms with van der Waals surface area (Å²) in [6.45, 7) is 0. The van der Waals surface area contributed by atoms with E-state index >= 15 is 0 Å². The molecule has 0 aromatic heterocycles. The number of nitro groups is 1. The summed E-state index contributed by atoms with van der Waals surface area (Å²) in [5.41, 5.74) is 0.365. The van der Waals surface area contributed by atoms with Gasteiger partial charge in [-0.05, 0) is 36.4 Å². The lowest BCUT2D eigenvalue weighted by Gasteiger charge is -2.06. The highest BCUT2D eigenvalue weighted by Gasteiger charge is 2.16. The van der Waals surface area contributed by atoms with Crippen LogP contribution in [-0.4, -0.2) is 4.92 Å². The molecule has 0 aliphatic heterocycles. The van der Waals surface area contributed by atoms with Crippen molar-refractivity contribution in [1.82, 2.24) is 0 Å². The van der Waals surface area contributed by atoms with Crippen LogP contribution in [0.5, 0.6) is 11.5 Å². The molecule has 96 valence electrons. The summed E-state index contributed by atoms with van der Waals surface area (Å²) in [6, 6.07) is 13.9. The number of hydrogen-bond donors (Lipinski definition) is 0. The van der Waals surface area contributed by atoms with Crippen LogP contribution in [0.1, 0.15) is 11.1 Å². The zero-order chi connectivity index (χ0) is 14.5. The number of hydrogen-bond acceptors (Lipinski definition) is 5. The smallest absolute Gasteiger partial charge is 0.312 e. The zero-order valence-electron chi connectivity index (χ0n) is 10.1. The summed E-state index contributed by atoms with van der Waals surface area (Å²) in [5, 5.41) is 28.4. The third-order valence-electron chi connectivity index (χ3n) is 2.50. The molecular formula is C14H7N3O3. The molecule has 0 amide bonds. The third-order valence-corrected chi connectivity index (χ3v) is 2.50. The van der Waals surface area contributed by atoms with Crippen molar-refractivity contribution in [2.45, 2.75) is 0 Å². The Balaban J connectivity index is 2.35. The van der Waals surface area contributed by atoms with Crippen LogP contribution in [0.25, 0.3) is 0 Å². The Kier molecular flexibility index (Phi) is 3.60. The van der Waals surface area contributed by atoms with Crippen LogP contribution in [0.4, 0.5) is 5.69 Å². The number of nitriles is 2. The highest BCUT2D eigenvalue weighted by molar-refractivity contribution is 5.53. The second-order valence-electron chi connectivity index (χ2n) is 3.79. The summed E-state index contributed by atoms with van der Waals surface area (Å²) in [7, 11) is 0. The Hall–Kier alpha value is -3.38. The highest BCUT2D eigenvalue weighted by atomic mass is 16.6. The predicted octanol–water partition coefficient (Wildman–Crippen LogP) is 3.13. The van der Waals surface area contributed by atoms with Crippen molar-refractivity contribution in [2.24, 2.45) is 0 Å². The first-order valence-corrected chi connectivity index (χ1v) is 5.50. The van der Waals surface area contributed by atoms with Gasteiger partial charge in [-0.1, -0.05) is 0 Å². The monoisotopic (exact) mass is 265 g/mol. The molecule has 2 aromatic carbocycles. The van der Waals surface area contributed by atoms with E-state index < -0.39 is 4.92 Å². The molecule has 0 heterocycles. The lowest BCUT2D eigenvalue weighted by Crippen LogP contribution is -1.94. The Labute approximate surface area is 114 Å². The van der Waals surface area contributed by atoms with Gasteiger partial charge in [0.15, 0.2) is 0 Å². The van der Waals surface area contributed by atoms with Crippen LogP contribution in [0, 0.1) is 32.8 Å². The second kappa shape index (κ2) is 5.51. The van der Waals surface area contributed by atoms with E-state index in [0.29, 0.717) is 11.3 Å². The molecule has 6 heteroatoms. The fourth-order valence-corrected chi connectivity index (χ4v) is 1.54. The fourth-order valence-electron chi connectivity index (χ4n) is 1.54. The van der Waals surface area contributed by atoms with Gasteiger partial charge >= 0.3 is 5.69 Å². The Morgan fingerprint density at radius 2 is 1.60 bits per heavy atom. The van der Waals surface area contributed by atoms with E-state index in [1.165, 1.54) is 12.1 Å². The van der Waals surface area contributed by atoms with Gasteiger partial charge in [-0.3, -0.25) is 10.1 Å². The Morgan fingerprint density at radius 1 is 1.00 bits per heavy atom. The summed E-state index contributed by atoms with van der Waals surface area (Å²) < 4.78 is 5.41. The molecular weight excluding hydrogens is 258 g/mol. The minimum atomic E-state index is -0.611. The van der Waals surface area contributed by atoms with Gasteiger partial charge in [0.2, 0.25) is 5.75 Å². The maximum Gasteiger partial charge on any atom is 0.312 e. The highest BCUT2D eigenvalue weighted by Crippen LogP contribution is 2.32. The summed E-state index contributed by atoms with van der Waals surface area (Å²) in [6.07, 6.45) is 0. The van der Waals surface area contributed by atoms with E-state index in [2.05, 4.69) is 0 Å². The van der Waals surface area contributed by atoms with Gasteiger partial charge in [0.05, 0.1) is 28.2 Å². The van der Waals surface area contributed by atoms with Crippen LogP contribution < -0.4 is 4.74 Å². The molecule has 0 aliphatic carbocycles. The molecule has 0 atom stereocenters. The summed E-state index contributed by atoms with van der Waals surface area (Å²) >= 11 is 0. The maximum atomic E-state index is 11.0. The largest absolute Gasteiger partial charge is 0.450 e. The van der Waals surface area contributed by atoms with E-state index in [-0.39, 0.29) is 17.0 Å². The van der Waals surface area contributed by atoms with E-state index in [1.54, 1.807) is 24.3 Å². The first kappa shape index (κ1) is 13.1. The maximum absolute atomic E-state index is 11.0. The van der Waals surface area contributed by atoms with Crippen molar-refractivity contribution >= 4 is 5.69 Å². The van der Waals surface area contributed by atoms with Crippen molar-refractivity contribution in [3.8, 4) is 23.6 Å². The predicted molar refractivity (Wildman–Crippen MR) is 69.0 cm³/mol. The standard InChI is InChI=1S/C14H7N3O3/c15-8-10-1-4-12(5-2-10)20-14-6-3-11(9-16)7-13(14)17(18)19/h1-7H. The van der Waals surface area contributed by atoms with Crippen molar-refractivity contribution < 1.29 is 9.66 Å². The van der Waals surface area contributed by atoms with E-state index in [9.17, 15) is 10.1 Å². The number of nitrogens with zero attached hydrogens (tertiary/aromatic N) is 3. The normalized spacial score (nSPS) is 9.30. The van der Waals surface area contributed by atoms with Crippen LogP contribution >= 0.6 is 0 Å². The van der Waals surface area contributed by atoms with Gasteiger partial charge in [0.1, 0.15) is 5.75 Å². The van der Waals surface area contributed by atoms with Gasteiger partial charge in [-0.25, -0.2) is 0 Å². The molecule has 0 spiro atoms. The lowest BCUT2D eigenvalue weighted by atomic mass is 10.2. The molecule has 0 fully saturated rings. The number of nitro benzene ring substituents is 1. The van der Waals surface area contributed by atoms with E-state index in [4.69, 9.17) is 15.3 Å². The fraction of sp³-hybridized carbons (Fsp3) is 0. The first-order chi connectivity index (χ1) is 9.63. The van der Waals surface area contributed by atoms with Crippen molar-refractivity contribution in [2.75, 3.05) is 0 Å². The number of ether oxygens (including phenoxy) is 1. The Morgan fingerprint density at radius 3 is 2.15 bits per heavy atom. The average molecular weight is 265 g/mol. The molecule has 20 heavy (non-hydrogen) atoms. The van der Waals surface area contributed by atoms with Crippen LogP contribution in [0.2, 0.25) is 0 Å². The minimum absolute atomic E-state index is 0.0405. The molecule has 6 nitrogen and oxygen atoms in total. The number of benzene rings is 2. The average Bonchev–Trinajstić information content (AvgIpc) is 2.48. The van der Waals surface area contributed by atoms with Crippen molar-refractivity contribution in [3.63, 3.8) is 0 Å². The topological polar surface area (TPSA) is 99.9 Å². The molecule has 0 bridgehead atoms. The van der Waals surface area contributed by atoms with Gasteiger partial charge in [-0.2, -0.15) is 10.5 Å². The second-order valence-corrected chi connectivity index (χ2v) is 3.79. The molecule has 0 saturated carbocycles. The molecule has 0 saturated heterocycles. The molecule has 0 N–H and O–H groups in total. The molecule has 0 aliphatic rings. The van der Waals surface area contributed by atoms with Gasteiger partial charge in [0, 0.05) is 6.07 Å². The third kappa shape index (κ3) is 2.71.